The van der Waals surface area contributed by atoms with Gasteiger partial charge >= 0.3 is 0 Å². The zero-order valence-electron chi connectivity index (χ0n) is 12.9. The van der Waals surface area contributed by atoms with Crippen LogP contribution in [0.25, 0.3) is 0 Å². The van der Waals surface area contributed by atoms with Crippen molar-refractivity contribution in [1.82, 2.24) is 0 Å². The summed E-state index contributed by atoms with van der Waals surface area (Å²) in [5, 5.41) is 10.6. The van der Waals surface area contributed by atoms with Gasteiger partial charge < -0.3 is 14.6 Å². The number of aliphatic hydroxyl groups excluding tert-OH is 1. The van der Waals surface area contributed by atoms with E-state index in [-0.39, 0.29) is 16.9 Å². The van der Waals surface area contributed by atoms with Crippen molar-refractivity contribution in [2.45, 2.75) is 64.3 Å². The number of fused-ring (bicyclic) bond motifs is 2. The second kappa shape index (κ2) is 4.82. The molecule has 20 heavy (non-hydrogen) atoms. The number of hydrogen-bond acceptors (Lipinski definition) is 3. The van der Waals surface area contributed by atoms with Crippen molar-refractivity contribution in [2.24, 2.45) is 16.7 Å². The van der Waals surface area contributed by atoms with Gasteiger partial charge in [-0.25, -0.2) is 0 Å². The van der Waals surface area contributed by atoms with Gasteiger partial charge in [0.05, 0.1) is 19.3 Å². The molecule has 2 aliphatic carbocycles. The lowest BCUT2D eigenvalue weighted by Crippen LogP contribution is -2.63. The normalized spacial score (nSPS) is 47.1. The molecule has 1 saturated heterocycles. The predicted octanol–water partition coefficient (Wildman–Crippen LogP) is 3.27. The first-order valence-electron chi connectivity index (χ1n) is 8.05. The number of ether oxygens (including phenoxy) is 2. The molecular formula is C17H28O3. The molecule has 1 aliphatic heterocycles. The third-order valence-corrected chi connectivity index (χ3v) is 6.47. The zero-order chi connectivity index (χ0) is 14.4. The van der Waals surface area contributed by atoms with Crippen LogP contribution in [0.1, 0.15) is 52.4 Å². The van der Waals surface area contributed by atoms with Crippen molar-refractivity contribution >= 4 is 0 Å². The maximum absolute atomic E-state index is 10.6. The first-order valence-corrected chi connectivity index (χ1v) is 8.05. The molecule has 3 aliphatic rings. The van der Waals surface area contributed by atoms with E-state index in [0.29, 0.717) is 19.1 Å². The van der Waals surface area contributed by atoms with E-state index in [1.165, 1.54) is 0 Å². The number of allylic oxidation sites excluding steroid dienone is 1. The summed E-state index contributed by atoms with van der Waals surface area (Å²) in [5.74, 6) is 0.0296. The van der Waals surface area contributed by atoms with Crippen LogP contribution in [0.3, 0.4) is 0 Å². The molecule has 0 aromatic carbocycles. The summed E-state index contributed by atoms with van der Waals surface area (Å²) in [7, 11) is 0. The van der Waals surface area contributed by atoms with Crippen LogP contribution < -0.4 is 0 Å². The fourth-order valence-electron chi connectivity index (χ4n) is 5.35. The fourth-order valence-corrected chi connectivity index (χ4v) is 5.35. The predicted molar refractivity (Wildman–Crippen MR) is 78.2 cm³/mol. The van der Waals surface area contributed by atoms with Gasteiger partial charge in [0, 0.05) is 17.3 Å². The topological polar surface area (TPSA) is 38.7 Å². The van der Waals surface area contributed by atoms with Crippen LogP contribution in [-0.2, 0) is 9.47 Å². The van der Waals surface area contributed by atoms with E-state index < -0.39 is 5.79 Å². The molecule has 0 bridgehead atoms. The van der Waals surface area contributed by atoms with E-state index in [0.717, 1.165) is 38.5 Å². The standard InChI is InChI=1S/C17H28O3/c1-4-8-15(2)13-6-5-9-17(19-11-12-20-17)16(13,3)10-7-14(15)18/h4,13-14,18H,1,5-12H2,2-3H3/t13-,14+,15-,16-/m0/s1. The molecule has 114 valence electrons. The minimum atomic E-state index is -0.404. The van der Waals surface area contributed by atoms with Crippen LogP contribution in [0.2, 0.25) is 0 Å². The summed E-state index contributed by atoms with van der Waals surface area (Å²) in [4.78, 5) is 0. The maximum atomic E-state index is 10.6. The molecule has 3 rings (SSSR count). The molecule has 1 N–H and O–H groups in total. The summed E-state index contributed by atoms with van der Waals surface area (Å²) in [6.45, 7) is 9.89. The Morgan fingerprint density at radius 3 is 2.55 bits per heavy atom. The highest BCUT2D eigenvalue weighted by Crippen LogP contribution is 2.64. The highest BCUT2D eigenvalue weighted by Gasteiger charge is 2.64. The van der Waals surface area contributed by atoms with Gasteiger partial charge in [-0.3, -0.25) is 0 Å². The Hall–Kier alpha value is -0.380. The van der Waals surface area contributed by atoms with E-state index in [9.17, 15) is 5.11 Å². The molecule has 0 aromatic heterocycles. The van der Waals surface area contributed by atoms with Gasteiger partial charge in [0.1, 0.15) is 0 Å². The SMILES string of the molecule is C=CC[C@]1(C)[C@H](O)CC[C@@]2(C)[C@H]1CCCC21OCCO1. The molecule has 2 saturated carbocycles. The highest BCUT2D eigenvalue weighted by molar-refractivity contribution is 5.11. The first-order chi connectivity index (χ1) is 9.48. The quantitative estimate of drug-likeness (QED) is 0.789. The van der Waals surface area contributed by atoms with Crippen LogP contribution >= 0.6 is 0 Å². The zero-order valence-corrected chi connectivity index (χ0v) is 12.9. The lowest BCUT2D eigenvalue weighted by Gasteiger charge is -2.62. The number of hydrogen-bond donors (Lipinski definition) is 1. The van der Waals surface area contributed by atoms with Crippen LogP contribution in [0.15, 0.2) is 12.7 Å². The van der Waals surface area contributed by atoms with Crippen molar-refractivity contribution in [3.8, 4) is 0 Å². The van der Waals surface area contributed by atoms with E-state index in [2.05, 4.69) is 20.4 Å². The van der Waals surface area contributed by atoms with Crippen molar-refractivity contribution in [3.05, 3.63) is 12.7 Å². The summed E-state index contributed by atoms with van der Waals surface area (Å²) < 4.78 is 12.3. The smallest absolute Gasteiger partial charge is 0.174 e. The number of rotatable bonds is 2. The molecule has 0 amide bonds. The summed E-state index contributed by atoms with van der Waals surface area (Å²) in [5.41, 5.74) is -0.0871. The first kappa shape index (κ1) is 14.6. The van der Waals surface area contributed by atoms with Crippen molar-refractivity contribution in [3.63, 3.8) is 0 Å². The van der Waals surface area contributed by atoms with E-state index in [4.69, 9.17) is 9.47 Å². The van der Waals surface area contributed by atoms with Crippen molar-refractivity contribution in [1.29, 1.82) is 0 Å². The third-order valence-electron chi connectivity index (χ3n) is 6.47. The molecule has 0 radical (unpaired) electrons. The molecule has 0 aromatic rings. The molecular weight excluding hydrogens is 252 g/mol. The summed E-state index contributed by atoms with van der Waals surface area (Å²) in [6.07, 6.45) is 7.70. The minimum absolute atomic E-state index is 0.0126. The van der Waals surface area contributed by atoms with Gasteiger partial charge in [0.2, 0.25) is 0 Å². The second-order valence-electron chi connectivity index (χ2n) is 7.37. The van der Waals surface area contributed by atoms with Crippen molar-refractivity contribution in [2.75, 3.05) is 13.2 Å². The highest BCUT2D eigenvalue weighted by atomic mass is 16.7. The van der Waals surface area contributed by atoms with Gasteiger partial charge in [-0.05, 0) is 38.0 Å². The lowest BCUT2D eigenvalue weighted by molar-refractivity contribution is -0.301. The van der Waals surface area contributed by atoms with Crippen LogP contribution in [-0.4, -0.2) is 30.2 Å². The fraction of sp³-hybridized carbons (Fsp3) is 0.882. The van der Waals surface area contributed by atoms with Gasteiger partial charge in [0.15, 0.2) is 5.79 Å². The van der Waals surface area contributed by atoms with E-state index >= 15 is 0 Å². The summed E-state index contributed by atoms with van der Waals surface area (Å²) in [6, 6.07) is 0. The van der Waals surface area contributed by atoms with Crippen LogP contribution in [0.4, 0.5) is 0 Å². The Bertz CT molecular complexity index is 388. The second-order valence-corrected chi connectivity index (χ2v) is 7.37. The number of aliphatic hydroxyl groups is 1. The molecule has 1 heterocycles. The molecule has 3 nitrogen and oxygen atoms in total. The van der Waals surface area contributed by atoms with E-state index in [1.807, 2.05) is 6.08 Å². The van der Waals surface area contributed by atoms with Gasteiger partial charge in [-0.1, -0.05) is 19.9 Å². The monoisotopic (exact) mass is 280 g/mol. The Kier molecular flexibility index (Phi) is 3.51. The Balaban J connectivity index is 2.00. The Labute approximate surface area is 122 Å². The maximum Gasteiger partial charge on any atom is 0.174 e. The van der Waals surface area contributed by atoms with Crippen LogP contribution in [0, 0.1) is 16.7 Å². The molecule has 0 unspecified atom stereocenters. The van der Waals surface area contributed by atoms with Gasteiger partial charge in [-0.15, -0.1) is 6.58 Å². The third kappa shape index (κ3) is 1.76. The molecule has 3 heteroatoms. The van der Waals surface area contributed by atoms with Gasteiger partial charge in [-0.2, -0.15) is 0 Å². The Morgan fingerprint density at radius 1 is 1.20 bits per heavy atom. The summed E-state index contributed by atoms with van der Waals surface area (Å²) >= 11 is 0. The molecule has 1 spiro atoms. The van der Waals surface area contributed by atoms with Crippen LogP contribution in [0.5, 0.6) is 0 Å². The molecule has 4 atom stereocenters. The Morgan fingerprint density at radius 2 is 1.90 bits per heavy atom. The van der Waals surface area contributed by atoms with E-state index in [1.54, 1.807) is 0 Å². The largest absolute Gasteiger partial charge is 0.393 e. The average Bonchev–Trinajstić information content (AvgIpc) is 2.88. The lowest BCUT2D eigenvalue weighted by atomic mass is 9.47. The minimum Gasteiger partial charge on any atom is -0.393 e. The van der Waals surface area contributed by atoms with Gasteiger partial charge in [0.25, 0.3) is 0 Å². The molecule has 3 fully saturated rings. The average molecular weight is 280 g/mol. The van der Waals surface area contributed by atoms with Crippen molar-refractivity contribution < 1.29 is 14.6 Å².